The lowest BCUT2D eigenvalue weighted by atomic mass is 9.82. The Kier molecular flexibility index (Phi) is 7.76. The predicted molar refractivity (Wildman–Crippen MR) is 124 cm³/mol. The van der Waals surface area contributed by atoms with Crippen molar-refractivity contribution in [2.45, 2.75) is 63.6 Å². The molecule has 2 fully saturated rings. The van der Waals surface area contributed by atoms with Gasteiger partial charge in [-0.1, -0.05) is 18.2 Å². The number of alkyl halides is 4. The number of anilines is 2. The molecule has 1 aromatic heterocycles. The number of halogens is 4. The van der Waals surface area contributed by atoms with Crippen LogP contribution in [0.5, 0.6) is 5.75 Å². The van der Waals surface area contributed by atoms with Crippen molar-refractivity contribution in [2.75, 3.05) is 24.1 Å². The molecule has 13 heteroatoms. The van der Waals surface area contributed by atoms with Gasteiger partial charge in [0.05, 0.1) is 4.92 Å². The highest BCUT2D eigenvalue weighted by molar-refractivity contribution is 5.58. The monoisotopic (exact) mass is 512 g/mol. The number of rotatable bonds is 8. The molecule has 196 valence electrons. The summed E-state index contributed by atoms with van der Waals surface area (Å²) in [6, 6.07) is 5.94. The second-order valence-electron chi connectivity index (χ2n) is 9.25. The van der Waals surface area contributed by atoms with Gasteiger partial charge in [0.1, 0.15) is 17.6 Å². The zero-order chi connectivity index (χ0) is 25.9. The molecule has 2 aromatic rings. The highest BCUT2D eigenvalue weighted by Gasteiger charge is 2.34. The smallest absolute Gasteiger partial charge is 0.405 e. The van der Waals surface area contributed by atoms with Crippen LogP contribution in [0.25, 0.3) is 0 Å². The molecule has 9 nitrogen and oxygen atoms in total. The molecular weight excluding hydrogens is 484 g/mol. The molecule has 1 aliphatic heterocycles. The number of ether oxygens (including phenoxy) is 1. The topological polar surface area (TPSA) is 119 Å². The van der Waals surface area contributed by atoms with Crippen molar-refractivity contribution in [2.24, 2.45) is 5.92 Å². The summed E-state index contributed by atoms with van der Waals surface area (Å²) in [5.74, 6) is -0.560. The molecular formula is C23H28F4N6O3. The van der Waals surface area contributed by atoms with Crippen LogP contribution in [0.1, 0.15) is 43.4 Å². The van der Waals surface area contributed by atoms with Crippen LogP contribution in [-0.2, 0) is 13.0 Å². The number of nitro groups is 1. The van der Waals surface area contributed by atoms with E-state index in [4.69, 9.17) is 5.73 Å². The number of nitrogens with two attached hydrogens (primary N) is 1. The number of hydrogen-bond acceptors (Lipinski definition) is 8. The zero-order valence-corrected chi connectivity index (χ0v) is 19.5. The molecule has 1 unspecified atom stereocenters. The third-order valence-corrected chi connectivity index (χ3v) is 6.78. The summed E-state index contributed by atoms with van der Waals surface area (Å²) >= 11 is 0. The summed E-state index contributed by atoms with van der Waals surface area (Å²) in [5, 5.41) is 14.5. The van der Waals surface area contributed by atoms with E-state index in [-0.39, 0.29) is 46.9 Å². The van der Waals surface area contributed by atoms with E-state index in [1.807, 2.05) is 0 Å². The van der Waals surface area contributed by atoms with E-state index in [0.29, 0.717) is 25.4 Å². The number of likely N-dealkylation sites (tertiary alicyclic amines) is 1. The molecule has 1 atom stereocenters. The number of aromatic nitrogens is 2. The second-order valence-corrected chi connectivity index (χ2v) is 9.25. The van der Waals surface area contributed by atoms with Crippen LogP contribution in [0.3, 0.4) is 0 Å². The summed E-state index contributed by atoms with van der Waals surface area (Å²) in [5.41, 5.74) is 5.91. The van der Waals surface area contributed by atoms with Gasteiger partial charge in [-0.15, -0.1) is 13.2 Å². The third kappa shape index (κ3) is 6.50. The quantitative estimate of drug-likeness (QED) is 0.299. The summed E-state index contributed by atoms with van der Waals surface area (Å²) in [4.78, 5) is 21.5. The van der Waals surface area contributed by atoms with Gasteiger partial charge in [-0.3, -0.25) is 15.0 Å². The van der Waals surface area contributed by atoms with Gasteiger partial charge in [-0.05, 0) is 50.5 Å². The SMILES string of the molecule is Nc1nc(NCc2ccccc2OC(F)(F)F)nc(CC2CCC(N3CCC(F)C3)CC2)c1[N+](=O)[O-]. The lowest BCUT2D eigenvalue weighted by Gasteiger charge is -2.34. The average molecular weight is 513 g/mol. The fraction of sp³-hybridized carbons (Fsp3) is 0.565. The van der Waals surface area contributed by atoms with Crippen LogP contribution in [0.2, 0.25) is 0 Å². The number of nitrogen functional groups attached to an aromatic ring is 1. The van der Waals surface area contributed by atoms with E-state index < -0.39 is 17.5 Å². The normalized spacial score (nSPS) is 22.9. The molecule has 0 spiro atoms. The molecule has 0 amide bonds. The van der Waals surface area contributed by atoms with Gasteiger partial charge in [0, 0.05) is 31.2 Å². The molecule has 1 saturated heterocycles. The van der Waals surface area contributed by atoms with Crippen LogP contribution in [0.4, 0.5) is 35.0 Å². The number of para-hydroxylation sites is 1. The van der Waals surface area contributed by atoms with Gasteiger partial charge < -0.3 is 15.8 Å². The van der Waals surface area contributed by atoms with Crippen molar-refractivity contribution in [3.05, 3.63) is 45.6 Å². The Morgan fingerprint density at radius 2 is 1.89 bits per heavy atom. The van der Waals surface area contributed by atoms with E-state index >= 15 is 0 Å². The molecule has 4 rings (SSSR count). The molecule has 0 radical (unpaired) electrons. The van der Waals surface area contributed by atoms with E-state index in [2.05, 4.69) is 24.9 Å². The third-order valence-electron chi connectivity index (χ3n) is 6.78. The maximum atomic E-state index is 13.6. The number of nitrogens with one attached hydrogen (secondary N) is 1. The first-order valence-corrected chi connectivity index (χ1v) is 11.9. The Labute approximate surface area is 205 Å². The number of hydrogen-bond donors (Lipinski definition) is 2. The molecule has 36 heavy (non-hydrogen) atoms. The summed E-state index contributed by atoms with van der Waals surface area (Å²) in [7, 11) is 0. The van der Waals surface area contributed by atoms with Crippen LogP contribution < -0.4 is 15.8 Å². The highest BCUT2D eigenvalue weighted by atomic mass is 19.4. The zero-order valence-electron chi connectivity index (χ0n) is 19.5. The summed E-state index contributed by atoms with van der Waals surface area (Å²) in [6.07, 6.45) is -1.32. The van der Waals surface area contributed by atoms with Gasteiger partial charge in [0.15, 0.2) is 0 Å². The molecule has 2 aliphatic rings. The first kappa shape index (κ1) is 25.9. The maximum Gasteiger partial charge on any atom is 0.573 e. The van der Waals surface area contributed by atoms with Gasteiger partial charge in [0.2, 0.25) is 11.8 Å². The van der Waals surface area contributed by atoms with Crippen molar-refractivity contribution >= 4 is 17.5 Å². The van der Waals surface area contributed by atoms with E-state index in [0.717, 1.165) is 32.2 Å². The van der Waals surface area contributed by atoms with E-state index in [1.165, 1.54) is 18.2 Å². The molecule has 2 heterocycles. The molecule has 0 bridgehead atoms. The summed E-state index contributed by atoms with van der Waals surface area (Å²) in [6.45, 7) is 1.12. The average Bonchev–Trinajstić information content (AvgIpc) is 3.24. The Morgan fingerprint density at radius 1 is 1.17 bits per heavy atom. The molecule has 1 aromatic carbocycles. The van der Waals surface area contributed by atoms with Gasteiger partial charge >= 0.3 is 12.0 Å². The Balaban J connectivity index is 1.44. The number of benzene rings is 1. The lowest BCUT2D eigenvalue weighted by molar-refractivity contribution is -0.385. The Hall–Kier alpha value is -3.22. The predicted octanol–water partition coefficient (Wildman–Crippen LogP) is 4.62. The fourth-order valence-electron chi connectivity index (χ4n) is 5.05. The van der Waals surface area contributed by atoms with Gasteiger partial charge in [-0.2, -0.15) is 4.98 Å². The molecule has 1 saturated carbocycles. The Morgan fingerprint density at radius 3 is 2.53 bits per heavy atom. The van der Waals surface area contributed by atoms with Crippen LogP contribution in [0, 0.1) is 16.0 Å². The van der Waals surface area contributed by atoms with Crippen molar-refractivity contribution < 1.29 is 27.2 Å². The fourth-order valence-corrected chi connectivity index (χ4v) is 5.05. The largest absolute Gasteiger partial charge is 0.573 e. The second kappa shape index (κ2) is 10.8. The van der Waals surface area contributed by atoms with Gasteiger partial charge in [-0.25, -0.2) is 9.37 Å². The highest BCUT2D eigenvalue weighted by Crippen LogP contribution is 2.35. The van der Waals surface area contributed by atoms with Crippen LogP contribution in [0.15, 0.2) is 24.3 Å². The first-order valence-electron chi connectivity index (χ1n) is 11.9. The van der Waals surface area contributed by atoms with Crippen molar-refractivity contribution in [3.63, 3.8) is 0 Å². The van der Waals surface area contributed by atoms with Crippen LogP contribution >= 0.6 is 0 Å². The van der Waals surface area contributed by atoms with Crippen molar-refractivity contribution in [1.29, 1.82) is 0 Å². The van der Waals surface area contributed by atoms with E-state index in [9.17, 15) is 27.7 Å². The minimum atomic E-state index is -4.85. The van der Waals surface area contributed by atoms with Crippen LogP contribution in [-0.4, -0.2) is 51.5 Å². The minimum absolute atomic E-state index is 0.0188. The minimum Gasteiger partial charge on any atom is -0.405 e. The maximum absolute atomic E-state index is 13.6. The first-order chi connectivity index (χ1) is 17.1. The van der Waals surface area contributed by atoms with Gasteiger partial charge in [0.25, 0.3) is 0 Å². The standard InChI is InChI=1S/C23H28F4N6O3/c24-16-9-10-32(13-16)17-7-5-14(6-8-17)11-18-20(33(34)35)21(28)31-22(30-18)29-12-15-3-1-2-4-19(15)36-23(25,26)27/h1-4,14,16-17H,5-13H2,(H3,28,29,30,31). The molecule has 3 N–H and O–H groups in total. The molecule has 1 aliphatic carbocycles. The lowest BCUT2D eigenvalue weighted by Crippen LogP contribution is -2.37. The van der Waals surface area contributed by atoms with Crippen molar-refractivity contribution in [1.82, 2.24) is 14.9 Å². The van der Waals surface area contributed by atoms with Crippen molar-refractivity contribution in [3.8, 4) is 5.75 Å². The van der Waals surface area contributed by atoms with E-state index in [1.54, 1.807) is 6.07 Å². The Bertz CT molecular complexity index is 1080. The number of nitrogens with zero attached hydrogens (tertiary/aromatic N) is 4. The summed E-state index contributed by atoms with van der Waals surface area (Å²) < 4.78 is 55.7.